The topological polar surface area (TPSA) is 62.1 Å². The van der Waals surface area contributed by atoms with Gasteiger partial charge in [-0.25, -0.2) is 0 Å². The molecule has 0 aliphatic carbocycles. The van der Waals surface area contributed by atoms with Gasteiger partial charge in [0, 0.05) is 0 Å². The van der Waals surface area contributed by atoms with Gasteiger partial charge in [-0.05, 0) is 24.6 Å². The SMILES string of the molecule is Cc1cc(C#N)c2c(c1)OCC(=O)N2. The summed E-state index contributed by atoms with van der Waals surface area (Å²) in [6.45, 7) is 1.89. The molecular formula is C10H8N2O2. The van der Waals surface area contributed by atoms with Gasteiger partial charge in [0.15, 0.2) is 6.61 Å². The molecule has 4 heteroatoms. The zero-order chi connectivity index (χ0) is 10.1. The van der Waals surface area contributed by atoms with Gasteiger partial charge in [-0.2, -0.15) is 5.26 Å². The molecule has 0 saturated heterocycles. The molecule has 0 bridgehead atoms. The summed E-state index contributed by atoms with van der Waals surface area (Å²) in [6.07, 6.45) is 0. The van der Waals surface area contributed by atoms with Gasteiger partial charge in [-0.3, -0.25) is 4.79 Å². The van der Waals surface area contributed by atoms with Crippen molar-refractivity contribution in [1.29, 1.82) is 5.26 Å². The smallest absolute Gasteiger partial charge is 0.262 e. The maximum Gasteiger partial charge on any atom is 0.262 e. The largest absolute Gasteiger partial charge is 0.482 e. The molecule has 0 spiro atoms. The lowest BCUT2D eigenvalue weighted by Crippen LogP contribution is -2.26. The normalized spacial score (nSPS) is 13.6. The minimum absolute atomic E-state index is 0.0152. The number of nitriles is 1. The van der Waals surface area contributed by atoms with Crippen LogP contribution in [0.1, 0.15) is 11.1 Å². The number of nitrogens with one attached hydrogen (secondary N) is 1. The van der Waals surface area contributed by atoms with Crippen LogP contribution in [0.15, 0.2) is 12.1 Å². The monoisotopic (exact) mass is 188 g/mol. The van der Waals surface area contributed by atoms with Crippen LogP contribution in [0.3, 0.4) is 0 Å². The van der Waals surface area contributed by atoms with Crippen molar-refractivity contribution in [2.45, 2.75) is 6.92 Å². The summed E-state index contributed by atoms with van der Waals surface area (Å²) < 4.78 is 5.20. The molecule has 2 rings (SSSR count). The van der Waals surface area contributed by atoms with E-state index in [1.165, 1.54) is 0 Å². The lowest BCUT2D eigenvalue weighted by Gasteiger charge is -2.19. The molecule has 0 saturated carbocycles. The lowest BCUT2D eigenvalue weighted by molar-refractivity contribution is -0.118. The van der Waals surface area contributed by atoms with Crippen LogP contribution >= 0.6 is 0 Å². The van der Waals surface area contributed by atoms with Gasteiger partial charge >= 0.3 is 0 Å². The molecule has 1 amide bonds. The molecule has 1 heterocycles. The van der Waals surface area contributed by atoms with E-state index in [1.54, 1.807) is 12.1 Å². The van der Waals surface area contributed by atoms with Gasteiger partial charge in [-0.1, -0.05) is 0 Å². The molecule has 0 atom stereocenters. The summed E-state index contributed by atoms with van der Waals surface area (Å²) in [6, 6.07) is 5.54. The molecule has 1 aromatic rings. The average molecular weight is 188 g/mol. The van der Waals surface area contributed by atoms with Crippen molar-refractivity contribution in [2.24, 2.45) is 0 Å². The Hall–Kier alpha value is -2.02. The average Bonchev–Trinajstić information content (AvgIpc) is 2.17. The second-order valence-electron chi connectivity index (χ2n) is 3.13. The summed E-state index contributed by atoms with van der Waals surface area (Å²) in [5.74, 6) is 0.346. The highest BCUT2D eigenvalue weighted by atomic mass is 16.5. The number of nitrogens with zero attached hydrogens (tertiary/aromatic N) is 1. The molecular weight excluding hydrogens is 180 g/mol. The van der Waals surface area contributed by atoms with E-state index >= 15 is 0 Å². The van der Waals surface area contributed by atoms with E-state index in [-0.39, 0.29) is 12.5 Å². The molecule has 1 aliphatic rings. The van der Waals surface area contributed by atoms with E-state index < -0.39 is 0 Å². The summed E-state index contributed by atoms with van der Waals surface area (Å²) in [4.78, 5) is 11.0. The molecule has 1 aliphatic heterocycles. The number of benzene rings is 1. The Labute approximate surface area is 81.1 Å². The summed E-state index contributed by atoms with van der Waals surface area (Å²) in [7, 11) is 0. The van der Waals surface area contributed by atoms with E-state index in [1.807, 2.05) is 13.0 Å². The first-order chi connectivity index (χ1) is 6.70. The molecule has 14 heavy (non-hydrogen) atoms. The van der Waals surface area contributed by atoms with Crippen molar-refractivity contribution in [3.63, 3.8) is 0 Å². The van der Waals surface area contributed by atoms with Crippen molar-refractivity contribution >= 4 is 11.6 Å². The van der Waals surface area contributed by atoms with Gasteiger partial charge in [0.2, 0.25) is 0 Å². The Morgan fingerprint density at radius 2 is 2.36 bits per heavy atom. The summed E-state index contributed by atoms with van der Waals surface area (Å²) >= 11 is 0. The van der Waals surface area contributed by atoms with Crippen molar-refractivity contribution in [3.05, 3.63) is 23.3 Å². The molecule has 0 aromatic heterocycles. The minimum Gasteiger partial charge on any atom is -0.482 e. The fourth-order valence-electron chi connectivity index (χ4n) is 1.40. The maximum absolute atomic E-state index is 11.0. The second-order valence-corrected chi connectivity index (χ2v) is 3.13. The van der Waals surface area contributed by atoms with Crippen LogP contribution in [0.2, 0.25) is 0 Å². The van der Waals surface area contributed by atoms with E-state index in [9.17, 15) is 4.79 Å². The predicted octanol–water partition coefficient (Wildman–Crippen LogP) is 1.20. The van der Waals surface area contributed by atoms with Crippen LogP contribution in [0.25, 0.3) is 0 Å². The third kappa shape index (κ3) is 1.29. The third-order valence-corrected chi connectivity index (χ3v) is 1.99. The van der Waals surface area contributed by atoms with E-state index in [2.05, 4.69) is 5.32 Å². The van der Waals surface area contributed by atoms with Gasteiger partial charge in [0.25, 0.3) is 5.91 Å². The van der Waals surface area contributed by atoms with Gasteiger partial charge in [0.1, 0.15) is 17.5 Å². The first-order valence-electron chi connectivity index (χ1n) is 4.18. The van der Waals surface area contributed by atoms with E-state index in [0.717, 1.165) is 5.56 Å². The van der Waals surface area contributed by atoms with E-state index in [4.69, 9.17) is 10.00 Å². The van der Waals surface area contributed by atoms with Gasteiger partial charge in [0.05, 0.1) is 5.56 Å². The number of carbonyl (C=O) groups excluding carboxylic acids is 1. The predicted molar refractivity (Wildman–Crippen MR) is 50.0 cm³/mol. The summed E-state index contributed by atoms with van der Waals surface area (Å²) in [5.41, 5.74) is 1.86. The first kappa shape index (κ1) is 8.57. The second kappa shape index (κ2) is 3.04. The number of amides is 1. The Morgan fingerprint density at radius 1 is 1.57 bits per heavy atom. The number of carbonyl (C=O) groups is 1. The third-order valence-electron chi connectivity index (χ3n) is 1.99. The first-order valence-corrected chi connectivity index (χ1v) is 4.18. The quantitative estimate of drug-likeness (QED) is 0.665. The van der Waals surface area contributed by atoms with Crippen LogP contribution in [-0.2, 0) is 4.79 Å². The Balaban J connectivity index is 2.59. The molecule has 4 nitrogen and oxygen atoms in total. The van der Waals surface area contributed by atoms with Gasteiger partial charge in [-0.15, -0.1) is 0 Å². The summed E-state index contributed by atoms with van der Waals surface area (Å²) in [5, 5.41) is 11.5. The Morgan fingerprint density at radius 3 is 3.07 bits per heavy atom. The Bertz CT molecular complexity index is 446. The van der Waals surface area contributed by atoms with Crippen LogP contribution in [0.4, 0.5) is 5.69 Å². The highest BCUT2D eigenvalue weighted by molar-refractivity contribution is 5.97. The molecule has 1 N–H and O–H groups in total. The maximum atomic E-state index is 11.0. The molecule has 1 aromatic carbocycles. The molecule has 70 valence electrons. The standard InChI is InChI=1S/C10H8N2O2/c1-6-2-7(4-11)10-8(3-6)14-5-9(13)12-10/h2-3H,5H2,1H3,(H,12,13). The number of ether oxygens (including phenoxy) is 1. The molecule has 0 unspecified atom stereocenters. The molecule has 0 fully saturated rings. The number of hydrogen-bond donors (Lipinski definition) is 1. The van der Waals surface area contributed by atoms with Crippen LogP contribution < -0.4 is 10.1 Å². The fraction of sp³-hybridized carbons (Fsp3) is 0.200. The fourth-order valence-corrected chi connectivity index (χ4v) is 1.40. The molecule has 0 radical (unpaired) electrons. The number of fused-ring (bicyclic) bond motifs is 1. The number of rotatable bonds is 0. The minimum atomic E-state index is -0.224. The van der Waals surface area contributed by atoms with Crippen molar-refractivity contribution in [1.82, 2.24) is 0 Å². The van der Waals surface area contributed by atoms with Crippen LogP contribution in [-0.4, -0.2) is 12.5 Å². The zero-order valence-corrected chi connectivity index (χ0v) is 7.63. The zero-order valence-electron chi connectivity index (χ0n) is 7.63. The van der Waals surface area contributed by atoms with Crippen LogP contribution in [0.5, 0.6) is 5.75 Å². The van der Waals surface area contributed by atoms with Gasteiger partial charge < -0.3 is 10.1 Å². The number of aryl methyl sites for hydroxylation is 1. The van der Waals surface area contributed by atoms with Crippen molar-refractivity contribution in [2.75, 3.05) is 11.9 Å². The number of hydrogen-bond acceptors (Lipinski definition) is 3. The van der Waals surface area contributed by atoms with E-state index in [0.29, 0.717) is 17.0 Å². The number of anilines is 1. The van der Waals surface area contributed by atoms with Crippen molar-refractivity contribution in [3.8, 4) is 11.8 Å². The van der Waals surface area contributed by atoms with Crippen molar-refractivity contribution < 1.29 is 9.53 Å². The van der Waals surface area contributed by atoms with Crippen LogP contribution in [0, 0.1) is 18.3 Å². The lowest BCUT2D eigenvalue weighted by atomic mass is 10.1. The highest BCUT2D eigenvalue weighted by Crippen LogP contribution is 2.32. The Kier molecular flexibility index (Phi) is 1.86. The highest BCUT2D eigenvalue weighted by Gasteiger charge is 2.19.